The number of aromatic nitrogens is 2. The minimum Gasteiger partial charge on any atom is -0.382 e. The second-order valence-electron chi connectivity index (χ2n) is 10.3. The Hall–Kier alpha value is -5.43. The molecule has 230 valence electrons. The van der Waals surface area contributed by atoms with E-state index in [1.54, 1.807) is 24.3 Å². The van der Waals surface area contributed by atoms with Gasteiger partial charge in [-0.3, -0.25) is 0 Å². The quantitative estimate of drug-likeness (QED) is 0.159. The number of nitrogens with one attached hydrogen (secondary N) is 1. The molecule has 0 saturated heterocycles. The highest BCUT2D eigenvalue weighted by Gasteiger charge is 2.35. The van der Waals surface area contributed by atoms with Crippen molar-refractivity contribution in [2.45, 2.75) is 32.5 Å². The standard InChI is InChI=1S/C33H26F3N9S/c1-3-20(2)37-27-16-17-29(24-9-5-4-8-23(24)27)41-42-30-19-18-28(25-10-6-7-11-26(25)30)40-38-21-12-14-22(15-13-21)39-44-32-45-43-31(46-32)33(34,35)36/h4-20,37H,3H2,1-2H3. The summed E-state index contributed by atoms with van der Waals surface area (Å²) in [6.45, 7) is 4.31. The van der Waals surface area contributed by atoms with Crippen molar-refractivity contribution in [2.24, 2.45) is 30.7 Å². The Labute approximate surface area is 265 Å². The molecule has 0 aliphatic rings. The number of benzene rings is 5. The molecule has 5 aromatic carbocycles. The van der Waals surface area contributed by atoms with E-state index in [2.05, 4.69) is 66.1 Å². The highest BCUT2D eigenvalue weighted by atomic mass is 32.1. The first-order valence-electron chi connectivity index (χ1n) is 14.3. The van der Waals surface area contributed by atoms with Crippen LogP contribution in [0.15, 0.2) is 128 Å². The van der Waals surface area contributed by atoms with Crippen LogP contribution in [0, 0.1) is 0 Å². The van der Waals surface area contributed by atoms with E-state index in [4.69, 9.17) is 0 Å². The van der Waals surface area contributed by atoms with Gasteiger partial charge in [0.1, 0.15) is 0 Å². The number of fused-ring (bicyclic) bond motifs is 2. The smallest absolute Gasteiger partial charge is 0.382 e. The van der Waals surface area contributed by atoms with Crippen LogP contribution in [0.5, 0.6) is 0 Å². The summed E-state index contributed by atoms with van der Waals surface area (Å²) < 4.78 is 38.1. The van der Waals surface area contributed by atoms with Crippen LogP contribution in [0.4, 0.5) is 52.4 Å². The number of hydrogen-bond donors (Lipinski definition) is 1. The lowest BCUT2D eigenvalue weighted by Gasteiger charge is -2.15. The summed E-state index contributed by atoms with van der Waals surface area (Å²) in [5, 5.41) is 38.4. The molecule has 0 spiro atoms. The van der Waals surface area contributed by atoms with Gasteiger partial charge >= 0.3 is 6.18 Å². The number of anilines is 1. The molecule has 6 rings (SSSR count). The van der Waals surface area contributed by atoms with E-state index >= 15 is 0 Å². The third-order valence-corrected chi connectivity index (χ3v) is 7.94. The molecular formula is C33H26F3N9S. The van der Waals surface area contributed by atoms with Crippen molar-refractivity contribution < 1.29 is 13.2 Å². The number of hydrogen-bond acceptors (Lipinski definition) is 10. The second kappa shape index (κ2) is 13.3. The highest BCUT2D eigenvalue weighted by molar-refractivity contribution is 7.15. The lowest BCUT2D eigenvalue weighted by Crippen LogP contribution is -2.13. The fourth-order valence-electron chi connectivity index (χ4n) is 4.58. The Morgan fingerprint density at radius 2 is 1.11 bits per heavy atom. The van der Waals surface area contributed by atoms with Crippen molar-refractivity contribution in [2.75, 3.05) is 5.32 Å². The number of nitrogens with zero attached hydrogens (tertiary/aromatic N) is 8. The van der Waals surface area contributed by atoms with Crippen molar-refractivity contribution >= 4 is 72.1 Å². The number of alkyl halides is 3. The number of halogens is 3. The summed E-state index contributed by atoms with van der Waals surface area (Å²) in [7, 11) is 0. The molecule has 1 atom stereocenters. The molecule has 0 aliphatic carbocycles. The summed E-state index contributed by atoms with van der Waals surface area (Å²) in [4.78, 5) is 0. The Morgan fingerprint density at radius 3 is 1.63 bits per heavy atom. The molecule has 13 heteroatoms. The van der Waals surface area contributed by atoms with E-state index in [9.17, 15) is 13.2 Å². The molecule has 0 radical (unpaired) electrons. The lowest BCUT2D eigenvalue weighted by atomic mass is 10.1. The van der Waals surface area contributed by atoms with Crippen LogP contribution in [-0.2, 0) is 6.18 Å². The van der Waals surface area contributed by atoms with Crippen LogP contribution in [0.1, 0.15) is 25.3 Å². The van der Waals surface area contributed by atoms with Crippen LogP contribution in [0.3, 0.4) is 0 Å². The molecular weight excluding hydrogens is 611 g/mol. The Morgan fingerprint density at radius 1 is 0.630 bits per heavy atom. The van der Waals surface area contributed by atoms with Gasteiger partial charge in [0.2, 0.25) is 5.01 Å². The maximum atomic E-state index is 12.7. The van der Waals surface area contributed by atoms with Gasteiger partial charge in [-0.1, -0.05) is 66.8 Å². The molecule has 1 unspecified atom stereocenters. The maximum absolute atomic E-state index is 12.7. The van der Waals surface area contributed by atoms with Gasteiger partial charge in [0, 0.05) is 33.3 Å². The van der Waals surface area contributed by atoms with Crippen molar-refractivity contribution in [3.05, 3.63) is 102 Å². The van der Waals surface area contributed by atoms with Gasteiger partial charge in [-0.25, -0.2) is 0 Å². The first kappa shape index (κ1) is 30.6. The van der Waals surface area contributed by atoms with Crippen LogP contribution < -0.4 is 5.32 Å². The largest absolute Gasteiger partial charge is 0.445 e. The Balaban J connectivity index is 1.21. The summed E-state index contributed by atoms with van der Waals surface area (Å²) in [6, 6.07) is 30.6. The highest BCUT2D eigenvalue weighted by Crippen LogP contribution is 2.38. The summed E-state index contributed by atoms with van der Waals surface area (Å²) in [6.07, 6.45) is -3.55. The maximum Gasteiger partial charge on any atom is 0.445 e. The minimum atomic E-state index is -4.57. The third-order valence-electron chi connectivity index (χ3n) is 7.09. The van der Waals surface area contributed by atoms with Crippen molar-refractivity contribution in [3.8, 4) is 0 Å². The molecule has 6 aromatic rings. The Kier molecular flexibility index (Phi) is 8.83. The Bertz CT molecular complexity index is 2090. The van der Waals surface area contributed by atoms with Gasteiger partial charge in [0.15, 0.2) is 0 Å². The van der Waals surface area contributed by atoms with Crippen molar-refractivity contribution in [1.82, 2.24) is 10.2 Å². The number of azo groups is 3. The molecule has 0 bridgehead atoms. The summed E-state index contributed by atoms with van der Waals surface area (Å²) in [5.74, 6) is 0. The van der Waals surface area contributed by atoms with E-state index in [1.807, 2.05) is 66.7 Å². The lowest BCUT2D eigenvalue weighted by molar-refractivity contribution is -0.138. The molecule has 0 saturated carbocycles. The molecule has 0 amide bonds. The van der Waals surface area contributed by atoms with Gasteiger partial charge in [-0.15, -0.1) is 35.8 Å². The predicted octanol–water partition coefficient (Wildman–Crippen LogP) is 12.3. The molecule has 0 aliphatic heterocycles. The second-order valence-corrected chi connectivity index (χ2v) is 11.2. The van der Waals surface area contributed by atoms with Crippen molar-refractivity contribution in [1.29, 1.82) is 0 Å². The molecule has 1 N–H and O–H groups in total. The van der Waals surface area contributed by atoms with E-state index in [0.717, 1.165) is 39.3 Å². The zero-order valence-electron chi connectivity index (χ0n) is 24.6. The van der Waals surface area contributed by atoms with Crippen molar-refractivity contribution in [3.63, 3.8) is 0 Å². The van der Waals surface area contributed by atoms with Crippen LogP contribution >= 0.6 is 11.3 Å². The van der Waals surface area contributed by atoms with E-state index in [1.165, 1.54) is 0 Å². The first-order chi connectivity index (χ1) is 22.3. The zero-order valence-corrected chi connectivity index (χ0v) is 25.5. The van der Waals surface area contributed by atoms with Crippen LogP contribution in [0.25, 0.3) is 21.5 Å². The van der Waals surface area contributed by atoms with Gasteiger partial charge < -0.3 is 5.32 Å². The van der Waals surface area contributed by atoms with E-state index in [-0.39, 0.29) is 5.13 Å². The van der Waals surface area contributed by atoms with Gasteiger partial charge in [-0.05, 0) is 61.9 Å². The molecule has 1 aromatic heterocycles. The third kappa shape index (κ3) is 6.94. The van der Waals surface area contributed by atoms with E-state index < -0.39 is 11.2 Å². The molecule has 1 heterocycles. The van der Waals surface area contributed by atoms with Gasteiger partial charge in [-0.2, -0.15) is 18.3 Å². The number of rotatable bonds is 9. The minimum absolute atomic E-state index is 0.188. The SMILES string of the molecule is CCC(C)Nc1ccc(N=Nc2ccc(N=Nc3ccc(N=Nc4nnc(C(F)(F)F)s4)cc3)c3ccccc23)c2ccccc12. The summed E-state index contributed by atoms with van der Waals surface area (Å²) >= 11 is 0.318. The van der Waals surface area contributed by atoms with Crippen LogP contribution in [-0.4, -0.2) is 16.2 Å². The van der Waals surface area contributed by atoms with Crippen LogP contribution in [0.2, 0.25) is 0 Å². The van der Waals surface area contributed by atoms with Gasteiger partial charge in [0.25, 0.3) is 5.13 Å². The molecule has 46 heavy (non-hydrogen) atoms. The topological polar surface area (TPSA) is 112 Å². The fourth-order valence-corrected chi connectivity index (χ4v) is 5.12. The fraction of sp³-hybridized carbons (Fsp3) is 0.152. The molecule has 0 fully saturated rings. The molecule has 9 nitrogen and oxygen atoms in total. The van der Waals surface area contributed by atoms with E-state index in [0.29, 0.717) is 40.1 Å². The zero-order chi connectivity index (χ0) is 32.1. The normalized spacial score (nSPS) is 13.1. The monoisotopic (exact) mass is 637 g/mol. The van der Waals surface area contributed by atoms with Gasteiger partial charge in [0.05, 0.1) is 28.4 Å². The average molecular weight is 638 g/mol. The summed E-state index contributed by atoms with van der Waals surface area (Å²) in [5.41, 5.74) is 4.17. The average Bonchev–Trinajstić information content (AvgIpc) is 3.57. The first-order valence-corrected chi connectivity index (χ1v) is 15.2. The predicted molar refractivity (Wildman–Crippen MR) is 175 cm³/mol.